The van der Waals surface area contributed by atoms with E-state index in [0.29, 0.717) is 5.69 Å². The van der Waals surface area contributed by atoms with E-state index in [1.165, 1.54) is 0 Å². The number of rotatable bonds is 1. The summed E-state index contributed by atoms with van der Waals surface area (Å²) in [7, 11) is 0. The highest BCUT2D eigenvalue weighted by Gasteiger charge is 2.12. The molecule has 0 aromatic heterocycles. The molecule has 3 nitrogen and oxygen atoms in total. The van der Waals surface area contributed by atoms with Crippen molar-refractivity contribution in [3.63, 3.8) is 0 Å². The molecule has 0 aliphatic rings. The highest BCUT2D eigenvalue weighted by atomic mass is 16.6. The van der Waals surface area contributed by atoms with Crippen molar-refractivity contribution in [3.05, 3.63) is 34.7 Å². The third-order valence-electron chi connectivity index (χ3n) is 1.32. The molecule has 0 amide bonds. The molecule has 0 spiro atoms. The smallest absolute Gasteiger partial charge is 0.241 e. The second-order valence-electron chi connectivity index (χ2n) is 2.06. The van der Waals surface area contributed by atoms with Gasteiger partial charge in [-0.1, -0.05) is 18.2 Å². The second-order valence-corrected chi connectivity index (χ2v) is 2.06. The zero-order valence-corrected chi connectivity index (χ0v) is 5.61. The Morgan fingerprint density at radius 2 is 2.00 bits per heavy atom. The molecule has 0 saturated carbocycles. The summed E-state index contributed by atoms with van der Waals surface area (Å²) in [4.78, 5) is 10.2. The monoisotopic (exact) mass is 138 g/mol. The Bertz CT molecular complexity index is 258. The molecule has 3 heteroatoms. The van der Waals surface area contributed by atoms with Crippen molar-refractivity contribution in [2.75, 3.05) is 0 Å². The summed E-state index contributed by atoms with van der Waals surface area (Å²) in [6, 6.07) is 6.82. The Morgan fingerprint density at radius 3 is 2.40 bits per heavy atom. The Kier molecular flexibility index (Phi) is 1.67. The number of benzene rings is 1. The molecule has 1 rings (SSSR count). The van der Waals surface area contributed by atoms with E-state index < -0.39 is 0 Å². The fourth-order valence-electron chi connectivity index (χ4n) is 0.778. The summed E-state index contributed by atoms with van der Waals surface area (Å²) < 4.78 is 0. The first-order valence-electron chi connectivity index (χ1n) is 2.93. The van der Waals surface area contributed by atoms with Crippen molar-refractivity contribution in [2.45, 2.75) is 6.92 Å². The van der Waals surface area contributed by atoms with Crippen LogP contribution in [0.4, 0.5) is 5.69 Å². The molecule has 10 heavy (non-hydrogen) atoms. The normalized spacial score (nSPS) is 9.30. The standard InChI is InChI=1S/C7H8NO2/c1-6-4-2-3-5-7(6)8(9)10/h2-5H,1H3,(H,9,10)/q+1. The van der Waals surface area contributed by atoms with Gasteiger partial charge in [-0.25, -0.2) is 5.21 Å². The molecule has 0 aliphatic carbocycles. The molecule has 0 atom stereocenters. The van der Waals surface area contributed by atoms with Crippen molar-refractivity contribution in [1.29, 1.82) is 0 Å². The molecule has 0 bridgehead atoms. The highest BCUT2D eigenvalue weighted by Crippen LogP contribution is 2.14. The van der Waals surface area contributed by atoms with E-state index in [0.717, 1.165) is 5.56 Å². The van der Waals surface area contributed by atoms with E-state index >= 15 is 0 Å². The first-order valence-corrected chi connectivity index (χ1v) is 2.93. The van der Waals surface area contributed by atoms with Crippen LogP contribution in [-0.4, -0.2) is 10.1 Å². The fourth-order valence-corrected chi connectivity index (χ4v) is 0.778. The molecule has 0 aliphatic heterocycles. The Hall–Kier alpha value is -1.38. The molecule has 0 fully saturated rings. The fraction of sp³-hybridized carbons (Fsp3) is 0.143. The minimum Gasteiger partial charge on any atom is -0.241 e. The summed E-state index contributed by atoms with van der Waals surface area (Å²) >= 11 is 0. The Labute approximate surface area is 58.4 Å². The molecule has 0 radical (unpaired) electrons. The number of aryl methyl sites for hydroxylation is 1. The third-order valence-corrected chi connectivity index (χ3v) is 1.32. The maximum Gasteiger partial charge on any atom is 0.319 e. The minimum atomic E-state index is -0.130. The summed E-state index contributed by atoms with van der Waals surface area (Å²) in [6.45, 7) is 1.76. The van der Waals surface area contributed by atoms with Crippen LogP contribution >= 0.6 is 0 Å². The first-order chi connectivity index (χ1) is 4.72. The van der Waals surface area contributed by atoms with Gasteiger partial charge in [-0.2, -0.15) is 0 Å². The summed E-state index contributed by atoms with van der Waals surface area (Å²) in [5.74, 6) is 0. The van der Waals surface area contributed by atoms with Crippen molar-refractivity contribution in [2.24, 2.45) is 0 Å². The minimum absolute atomic E-state index is 0.130. The van der Waals surface area contributed by atoms with Gasteiger partial charge in [-0.05, 0) is 6.92 Å². The lowest BCUT2D eigenvalue weighted by Gasteiger charge is -1.87. The maximum absolute atomic E-state index is 10.3. The molecule has 1 N–H and O–H groups in total. The predicted octanol–water partition coefficient (Wildman–Crippen LogP) is 1.79. The average molecular weight is 138 g/mol. The van der Waals surface area contributed by atoms with Gasteiger partial charge in [0.05, 0.1) is 4.91 Å². The topological polar surface area (TPSA) is 40.3 Å². The third kappa shape index (κ3) is 1.13. The van der Waals surface area contributed by atoms with Crippen LogP contribution in [0.2, 0.25) is 0 Å². The molecule has 0 unspecified atom stereocenters. The second kappa shape index (κ2) is 2.47. The van der Waals surface area contributed by atoms with Gasteiger partial charge in [0.25, 0.3) is 4.92 Å². The van der Waals surface area contributed by atoms with E-state index in [1.807, 2.05) is 6.07 Å². The van der Waals surface area contributed by atoms with E-state index in [1.54, 1.807) is 25.1 Å². The van der Waals surface area contributed by atoms with E-state index in [-0.39, 0.29) is 4.92 Å². The zero-order chi connectivity index (χ0) is 7.56. The number of nitrogens with zero attached hydrogens (tertiary/aromatic N) is 1. The lowest BCUT2D eigenvalue weighted by Crippen LogP contribution is -1.93. The van der Waals surface area contributed by atoms with E-state index in [9.17, 15) is 4.91 Å². The zero-order valence-electron chi connectivity index (χ0n) is 5.61. The molecule has 1 aromatic rings. The molecular weight excluding hydrogens is 130 g/mol. The van der Waals surface area contributed by atoms with Gasteiger partial charge < -0.3 is 0 Å². The first kappa shape index (κ1) is 6.74. The quantitative estimate of drug-likeness (QED) is 0.601. The predicted molar refractivity (Wildman–Crippen MR) is 36.3 cm³/mol. The number of hydrogen-bond donors (Lipinski definition) is 1. The SMILES string of the molecule is Cc1ccccc1[N+](=O)O. The van der Waals surface area contributed by atoms with Gasteiger partial charge in [0.15, 0.2) is 0 Å². The Morgan fingerprint density at radius 1 is 1.40 bits per heavy atom. The molecule has 1 aromatic carbocycles. The molecule has 52 valence electrons. The van der Waals surface area contributed by atoms with Crippen molar-refractivity contribution in [3.8, 4) is 0 Å². The van der Waals surface area contributed by atoms with Crippen LogP contribution < -0.4 is 0 Å². The number of para-hydroxylation sites is 1. The van der Waals surface area contributed by atoms with E-state index in [2.05, 4.69) is 0 Å². The van der Waals surface area contributed by atoms with Crippen LogP contribution in [0.1, 0.15) is 5.56 Å². The van der Waals surface area contributed by atoms with Gasteiger partial charge in [0, 0.05) is 11.6 Å². The van der Waals surface area contributed by atoms with Crippen molar-refractivity contribution in [1.82, 2.24) is 0 Å². The lowest BCUT2D eigenvalue weighted by atomic mass is 10.2. The van der Waals surface area contributed by atoms with Crippen LogP contribution in [0, 0.1) is 11.8 Å². The summed E-state index contributed by atoms with van der Waals surface area (Å²) in [5.41, 5.74) is 1.06. The van der Waals surface area contributed by atoms with Crippen LogP contribution in [0.5, 0.6) is 0 Å². The van der Waals surface area contributed by atoms with Crippen LogP contribution in [0.15, 0.2) is 24.3 Å². The van der Waals surface area contributed by atoms with Crippen LogP contribution in [-0.2, 0) is 0 Å². The maximum atomic E-state index is 10.3. The molecule has 0 saturated heterocycles. The van der Waals surface area contributed by atoms with Gasteiger partial charge in [-0.15, -0.1) is 0 Å². The largest absolute Gasteiger partial charge is 0.319 e. The molecule has 0 heterocycles. The molecular formula is C7H8NO2+. The highest BCUT2D eigenvalue weighted by molar-refractivity contribution is 5.37. The summed E-state index contributed by atoms with van der Waals surface area (Å²) in [6.07, 6.45) is 0. The van der Waals surface area contributed by atoms with Gasteiger partial charge in [-0.3, -0.25) is 0 Å². The summed E-state index contributed by atoms with van der Waals surface area (Å²) in [5, 5.41) is 8.48. The average Bonchev–Trinajstić information content (AvgIpc) is 1.88. The van der Waals surface area contributed by atoms with Crippen LogP contribution in [0.25, 0.3) is 0 Å². The Balaban J connectivity index is 3.15. The van der Waals surface area contributed by atoms with Crippen molar-refractivity contribution < 1.29 is 10.1 Å². The van der Waals surface area contributed by atoms with Gasteiger partial charge in [0.1, 0.15) is 0 Å². The van der Waals surface area contributed by atoms with Crippen molar-refractivity contribution >= 4 is 5.69 Å². The lowest BCUT2D eigenvalue weighted by molar-refractivity contribution is -0.730. The van der Waals surface area contributed by atoms with Crippen LogP contribution in [0.3, 0.4) is 0 Å². The van der Waals surface area contributed by atoms with Gasteiger partial charge in [0.2, 0.25) is 0 Å². The van der Waals surface area contributed by atoms with E-state index in [4.69, 9.17) is 5.21 Å². The van der Waals surface area contributed by atoms with Gasteiger partial charge >= 0.3 is 5.69 Å². The number of hydrogen-bond acceptors (Lipinski definition) is 1.